The highest BCUT2D eigenvalue weighted by molar-refractivity contribution is 5.94. The zero-order chi connectivity index (χ0) is 19.3. The van der Waals surface area contributed by atoms with Crippen molar-refractivity contribution in [2.75, 3.05) is 19.6 Å². The van der Waals surface area contributed by atoms with Gasteiger partial charge in [0.2, 0.25) is 0 Å². The first-order chi connectivity index (χ1) is 12.9. The maximum Gasteiger partial charge on any atom is 0.251 e. The fourth-order valence-corrected chi connectivity index (χ4v) is 3.77. The molecule has 0 aromatic heterocycles. The summed E-state index contributed by atoms with van der Waals surface area (Å²) in [5.74, 6) is 0.00363. The standard InChI is InChI=1S/C24H32N2O/c1-24(2,3)21-14-12-19(13-15-21)22(26-16-8-5-9-17-26)18-25-23(27)20-10-6-4-7-11-20/h4,6-7,10-15,22H,5,8-9,16-18H2,1-3H3,(H,25,27)/t22-/m0/s1. The molecule has 1 N–H and O–H groups in total. The summed E-state index contributed by atoms with van der Waals surface area (Å²) in [6.07, 6.45) is 3.79. The molecular weight excluding hydrogens is 332 g/mol. The molecule has 3 heteroatoms. The largest absolute Gasteiger partial charge is 0.350 e. The number of hydrogen-bond acceptors (Lipinski definition) is 2. The van der Waals surface area contributed by atoms with Gasteiger partial charge >= 0.3 is 0 Å². The van der Waals surface area contributed by atoms with Crippen molar-refractivity contribution in [3.8, 4) is 0 Å². The first kappa shape index (κ1) is 19.6. The number of likely N-dealkylation sites (tertiary alicyclic amines) is 1. The molecule has 3 nitrogen and oxygen atoms in total. The van der Waals surface area contributed by atoms with Crippen LogP contribution in [-0.4, -0.2) is 30.4 Å². The van der Waals surface area contributed by atoms with Gasteiger partial charge in [0.25, 0.3) is 5.91 Å². The van der Waals surface area contributed by atoms with Crippen LogP contribution >= 0.6 is 0 Å². The topological polar surface area (TPSA) is 32.3 Å². The molecule has 1 fully saturated rings. The minimum absolute atomic E-state index is 0.00363. The van der Waals surface area contributed by atoms with Gasteiger partial charge in [0.15, 0.2) is 0 Å². The number of carbonyl (C=O) groups excluding carboxylic acids is 1. The van der Waals surface area contributed by atoms with E-state index in [0.717, 1.165) is 18.7 Å². The van der Waals surface area contributed by atoms with Crippen LogP contribution in [0.25, 0.3) is 0 Å². The van der Waals surface area contributed by atoms with E-state index in [2.05, 4.69) is 55.3 Å². The van der Waals surface area contributed by atoms with Crippen molar-refractivity contribution in [1.29, 1.82) is 0 Å². The summed E-state index contributed by atoms with van der Waals surface area (Å²) in [5, 5.41) is 3.16. The molecule has 1 saturated heterocycles. The number of nitrogens with one attached hydrogen (secondary N) is 1. The fourth-order valence-electron chi connectivity index (χ4n) is 3.77. The van der Waals surface area contributed by atoms with Crippen molar-refractivity contribution in [3.05, 3.63) is 71.3 Å². The summed E-state index contributed by atoms with van der Waals surface area (Å²) in [5.41, 5.74) is 3.51. The molecule has 0 saturated carbocycles. The lowest BCUT2D eigenvalue weighted by atomic mass is 9.86. The Kier molecular flexibility index (Phi) is 6.33. The van der Waals surface area contributed by atoms with Gasteiger partial charge in [0, 0.05) is 12.1 Å². The molecule has 0 radical (unpaired) electrons. The summed E-state index contributed by atoms with van der Waals surface area (Å²) in [7, 11) is 0. The third-order valence-electron chi connectivity index (χ3n) is 5.48. The molecule has 27 heavy (non-hydrogen) atoms. The lowest BCUT2D eigenvalue weighted by molar-refractivity contribution is 0.0924. The Balaban J connectivity index is 1.75. The Morgan fingerprint density at radius 1 is 0.963 bits per heavy atom. The number of benzene rings is 2. The lowest BCUT2D eigenvalue weighted by Gasteiger charge is -2.35. The second-order valence-electron chi connectivity index (χ2n) is 8.56. The molecule has 0 unspecified atom stereocenters. The van der Waals surface area contributed by atoms with Crippen LogP contribution in [0, 0.1) is 0 Å². The van der Waals surface area contributed by atoms with Crippen LogP contribution in [0.4, 0.5) is 0 Å². The van der Waals surface area contributed by atoms with Gasteiger partial charge < -0.3 is 5.32 Å². The van der Waals surface area contributed by atoms with E-state index in [1.165, 1.54) is 30.4 Å². The predicted octanol–water partition coefficient (Wildman–Crippen LogP) is 4.94. The fraction of sp³-hybridized carbons (Fsp3) is 0.458. The Labute approximate surface area is 163 Å². The first-order valence-electron chi connectivity index (χ1n) is 10.1. The van der Waals surface area contributed by atoms with Gasteiger partial charge in [-0.1, -0.05) is 69.7 Å². The molecule has 1 amide bonds. The second kappa shape index (κ2) is 8.71. The molecule has 0 aliphatic carbocycles. The van der Waals surface area contributed by atoms with E-state index < -0.39 is 0 Å². The van der Waals surface area contributed by atoms with E-state index >= 15 is 0 Å². The molecule has 0 bridgehead atoms. The van der Waals surface area contributed by atoms with Gasteiger partial charge in [-0.2, -0.15) is 0 Å². The van der Waals surface area contributed by atoms with Crippen LogP contribution < -0.4 is 5.32 Å². The van der Waals surface area contributed by atoms with Crippen molar-refractivity contribution in [2.24, 2.45) is 0 Å². The summed E-state index contributed by atoms with van der Waals surface area (Å²) in [6.45, 7) is 9.57. The number of rotatable bonds is 5. The Morgan fingerprint density at radius 3 is 2.19 bits per heavy atom. The van der Waals surface area contributed by atoms with Crippen molar-refractivity contribution in [2.45, 2.75) is 51.5 Å². The predicted molar refractivity (Wildman–Crippen MR) is 112 cm³/mol. The van der Waals surface area contributed by atoms with Gasteiger partial charge in [-0.05, 0) is 54.6 Å². The molecule has 0 spiro atoms. The molecule has 3 rings (SSSR count). The molecular formula is C24H32N2O. The lowest BCUT2D eigenvalue weighted by Crippen LogP contribution is -2.40. The Hall–Kier alpha value is -2.13. The van der Waals surface area contributed by atoms with Gasteiger partial charge in [0.1, 0.15) is 0 Å². The number of piperidine rings is 1. The van der Waals surface area contributed by atoms with Crippen molar-refractivity contribution in [1.82, 2.24) is 10.2 Å². The van der Waals surface area contributed by atoms with Crippen LogP contribution in [-0.2, 0) is 5.41 Å². The van der Waals surface area contributed by atoms with Crippen LogP contribution in [0.5, 0.6) is 0 Å². The molecule has 1 heterocycles. The zero-order valence-electron chi connectivity index (χ0n) is 16.9. The van der Waals surface area contributed by atoms with Crippen LogP contribution in [0.15, 0.2) is 54.6 Å². The Bertz CT molecular complexity index is 725. The van der Waals surface area contributed by atoms with E-state index in [1.807, 2.05) is 30.3 Å². The van der Waals surface area contributed by atoms with Crippen LogP contribution in [0.1, 0.15) is 67.6 Å². The summed E-state index contributed by atoms with van der Waals surface area (Å²) >= 11 is 0. The molecule has 144 valence electrons. The van der Waals surface area contributed by atoms with Crippen molar-refractivity contribution >= 4 is 5.91 Å². The molecule has 1 aliphatic heterocycles. The Morgan fingerprint density at radius 2 is 1.59 bits per heavy atom. The molecule has 2 aromatic rings. The zero-order valence-corrected chi connectivity index (χ0v) is 16.9. The molecule has 2 aromatic carbocycles. The molecule has 1 atom stereocenters. The monoisotopic (exact) mass is 364 g/mol. The highest BCUT2D eigenvalue weighted by Gasteiger charge is 2.24. The summed E-state index contributed by atoms with van der Waals surface area (Å²) < 4.78 is 0. The van der Waals surface area contributed by atoms with E-state index in [-0.39, 0.29) is 17.4 Å². The van der Waals surface area contributed by atoms with E-state index in [4.69, 9.17) is 0 Å². The van der Waals surface area contributed by atoms with Gasteiger partial charge in [-0.15, -0.1) is 0 Å². The minimum atomic E-state index is 0.00363. The van der Waals surface area contributed by atoms with Crippen molar-refractivity contribution in [3.63, 3.8) is 0 Å². The summed E-state index contributed by atoms with van der Waals surface area (Å²) in [4.78, 5) is 15.0. The van der Waals surface area contributed by atoms with Crippen LogP contribution in [0.3, 0.4) is 0 Å². The van der Waals surface area contributed by atoms with Gasteiger partial charge in [-0.3, -0.25) is 9.69 Å². The highest BCUT2D eigenvalue weighted by atomic mass is 16.1. The second-order valence-corrected chi connectivity index (χ2v) is 8.56. The third-order valence-corrected chi connectivity index (χ3v) is 5.48. The smallest absolute Gasteiger partial charge is 0.251 e. The maximum atomic E-state index is 12.5. The third kappa shape index (κ3) is 5.20. The normalized spacial score (nSPS) is 16.7. The van der Waals surface area contributed by atoms with E-state index in [1.54, 1.807) is 0 Å². The quantitative estimate of drug-likeness (QED) is 0.815. The minimum Gasteiger partial charge on any atom is -0.350 e. The average molecular weight is 365 g/mol. The number of amides is 1. The van der Waals surface area contributed by atoms with Gasteiger partial charge in [0.05, 0.1) is 6.04 Å². The van der Waals surface area contributed by atoms with Gasteiger partial charge in [-0.25, -0.2) is 0 Å². The first-order valence-corrected chi connectivity index (χ1v) is 10.1. The molecule has 1 aliphatic rings. The maximum absolute atomic E-state index is 12.5. The van der Waals surface area contributed by atoms with Crippen molar-refractivity contribution < 1.29 is 4.79 Å². The SMILES string of the molecule is CC(C)(C)c1ccc([C@H](CNC(=O)c2ccccc2)N2CCCCC2)cc1. The van der Waals surface area contributed by atoms with Crippen LogP contribution in [0.2, 0.25) is 0 Å². The average Bonchev–Trinajstić information content (AvgIpc) is 2.69. The summed E-state index contributed by atoms with van der Waals surface area (Å²) in [6, 6.07) is 18.7. The highest BCUT2D eigenvalue weighted by Crippen LogP contribution is 2.28. The van der Waals surface area contributed by atoms with E-state index in [9.17, 15) is 4.79 Å². The number of nitrogens with zero attached hydrogens (tertiary/aromatic N) is 1. The number of carbonyl (C=O) groups is 1. The number of hydrogen-bond donors (Lipinski definition) is 1. The van der Waals surface area contributed by atoms with E-state index in [0.29, 0.717) is 6.54 Å².